The molecular formula is C24H29NO6. The Balaban J connectivity index is 1.73. The van der Waals surface area contributed by atoms with Crippen molar-refractivity contribution in [3.63, 3.8) is 0 Å². The predicted molar refractivity (Wildman–Crippen MR) is 116 cm³/mol. The van der Waals surface area contributed by atoms with Crippen molar-refractivity contribution in [2.45, 2.75) is 50.4 Å². The zero-order valence-corrected chi connectivity index (χ0v) is 17.4. The third kappa shape index (κ3) is 4.13. The number of fused-ring (bicyclic) bond motifs is 1. The number of hydrogen-bond acceptors (Lipinski definition) is 6. The fourth-order valence-electron chi connectivity index (χ4n) is 4.42. The number of benzene rings is 2. The van der Waals surface area contributed by atoms with Gasteiger partial charge in [-0.1, -0.05) is 36.4 Å². The normalized spacial score (nSPS) is 26.5. The minimum absolute atomic E-state index is 0.116. The highest BCUT2D eigenvalue weighted by atomic mass is 16.6. The smallest absolute Gasteiger partial charge is 0.163 e. The van der Waals surface area contributed by atoms with Crippen LogP contribution in [0.1, 0.15) is 28.5 Å². The van der Waals surface area contributed by atoms with Crippen LogP contribution in [0.4, 0.5) is 0 Å². The molecule has 5 atom stereocenters. The molecule has 1 aliphatic heterocycles. The molecule has 1 saturated heterocycles. The van der Waals surface area contributed by atoms with Gasteiger partial charge < -0.3 is 34.8 Å². The van der Waals surface area contributed by atoms with E-state index in [0.717, 1.165) is 33.2 Å². The van der Waals surface area contributed by atoms with E-state index < -0.39 is 37.3 Å². The van der Waals surface area contributed by atoms with Crippen LogP contribution in [0.25, 0.3) is 10.9 Å². The summed E-state index contributed by atoms with van der Waals surface area (Å²) >= 11 is 0. The summed E-state index contributed by atoms with van der Waals surface area (Å²) in [7, 11) is 0. The van der Waals surface area contributed by atoms with Gasteiger partial charge in [0, 0.05) is 18.2 Å². The minimum atomic E-state index is -1.43. The molecule has 0 unspecified atom stereocenters. The second-order valence-electron chi connectivity index (χ2n) is 8.22. The highest BCUT2D eigenvalue weighted by Gasteiger charge is 2.44. The Labute approximate surface area is 180 Å². The lowest BCUT2D eigenvalue weighted by Crippen LogP contribution is -2.56. The van der Waals surface area contributed by atoms with Gasteiger partial charge in [0.2, 0.25) is 0 Å². The van der Waals surface area contributed by atoms with Gasteiger partial charge in [-0.2, -0.15) is 0 Å². The molecule has 0 aliphatic carbocycles. The van der Waals surface area contributed by atoms with E-state index in [0.29, 0.717) is 12.8 Å². The molecule has 166 valence electrons. The van der Waals surface area contributed by atoms with Crippen LogP contribution in [0.15, 0.2) is 48.7 Å². The van der Waals surface area contributed by atoms with Gasteiger partial charge in [-0.15, -0.1) is 0 Å². The number of rotatable bonds is 6. The second-order valence-corrected chi connectivity index (χ2v) is 8.22. The summed E-state index contributed by atoms with van der Waals surface area (Å²) in [5.74, 6) is 0. The lowest BCUT2D eigenvalue weighted by molar-refractivity contribution is -0.250. The predicted octanol–water partition coefficient (Wildman–Crippen LogP) is 1.05. The van der Waals surface area contributed by atoms with Crippen molar-refractivity contribution < 1.29 is 30.3 Å². The first-order valence-corrected chi connectivity index (χ1v) is 10.5. The maximum absolute atomic E-state index is 10.6. The Morgan fingerprint density at radius 1 is 0.903 bits per heavy atom. The standard InChI is InChI=1S/C24H29NO6/c1-14-3-2-4-18-20(14)17(11-16-7-5-15(6-8-16)9-10-26)12-25(18)24-23(30)22(29)21(28)19(13-27)31-24/h2-8,12,19,21-24,26-30H,9-11,13H2,1H3/t19-,21-,22+,23-,24-/m1/s1. The van der Waals surface area contributed by atoms with Gasteiger partial charge in [-0.25, -0.2) is 0 Å². The lowest BCUT2D eigenvalue weighted by Gasteiger charge is -2.40. The third-order valence-corrected chi connectivity index (χ3v) is 6.10. The van der Waals surface area contributed by atoms with E-state index in [1.807, 2.05) is 55.6 Å². The molecule has 0 bridgehead atoms. The Morgan fingerprint density at radius 3 is 2.29 bits per heavy atom. The summed E-state index contributed by atoms with van der Waals surface area (Å²) in [6.07, 6.45) is -2.89. The molecule has 0 spiro atoms. The first-order valence-electron chi connectivity index (χ1n) is 10.5. The van der Waals surface area contributed by atoms with Gasteiger partial charge in [0.25, 0.3) is 0 Å². The van der Waals surface area contributed by atoms with Gasteiger partial charge in [-0.05, 0) is 48.1 Å². The molecule has 7 heteroatoms. The van der Waals surface area contributed by atoms with Crippen molar-refractivity contribution in [2.75, 3.05) is 13.2 Å². The average molecular weight is 427 g/mol. The molecule has 2 heterocycles. The van der Waals surface area contributed by atoms with Crippen LogP contribution in [0.5, 0.6) is 0 Å². The summed E-state index contributed by atoms with van der Waals surface area (Å²) in [6.45, 7) is 1.67. The van der Waals surface area contributed by atoms with Gasteiger partial charge in [0.05, 0.1) is 12.1 Å². The zero-order valence-electron chi connectivity index (χ0n) is 17.4. The number of ether oxygens (including phenoxy) is 1. The summed E-state index contributed by atoms with van der Waals surface area (Å²) in [4.78, 5) is 0. The van der Waals surface area contributed by atoms with Crippen LogP contribution in [0.3, 0.4) is 0 Å². The maximum atomic E-state index is 10.6. The summed E-state index contributed by atoms with van der Waals surface area (Å²) in [5.41, 5.74) is 5.15. The molecule has 1 aliphatic rings. The van der Waals surface area contributed by atoms with Crippen LogP contribution in [0, 0.1) is 6.92 Å². The van der Waals surface area contributed by atoms with E-state index >= 15 is 0 Å². The first kappa shape index (κ1) is 22.0. The lowest BCUT2D eigenvalue weighted by atomic mass is 9.98. The number of aliphatic hydroxyl groups excluding tert-OH is 5. The largest absolute Gasteiger partial charge is 0.396 e. The monoisotopic (exact) mass is 427 g/mol. The van der Waals surface area contributed by atoms with Gasteiger partial charge in [0.1, 0.15) is 24.4 Å². The van der Waals surface area contributed by atoms with E-state index in [4.69, 9.17) is 9.84 Å². The Bertz CT molecular complexity index is 1030. The van der Waals surface area contributed by atoms with Crippen molar-refractivity contribution in [1.82, 2.24) is 4.57 Å². The average Bonchev–Trinajstić information content (AvgIpc) is 3.13. The van der Waals surface area contributed by atoms with E-state index in [2.05, 4.69) is 0 Å². The fourth-order valence-corrected chi connectivity index (χ4v) is 4.42. The Hall–Kier alpha value is -2.26. The molecule has 0 saturated carbocycles. The molecule has 3 aromatic rings. The molecule has 0 amide bonds. The maximum Gasteiger partial charge on any atom is 0.163 e. The van der Waals surface area contributed by atoms with Gasteiger partial charge >= 0.3 is 0 Å². The molecule has 31 heavy (non-hydrogen) atoms. The first-order chi connectivity index (χ1) is 14.9. The number of aromatic nitrogens is 1. The summed E-state index contributed by atoms with van der Waals surface area (Å²) < 4.78 is 7.58. The number of aliphatic hydroxyl groups is 5. The van der Waals surface area contributed by atoms with Crippen LogP contribution < -0.4 is 0 Å². The van der Waals surface area contributed by atoms with Crippen molar-refractivity contribution in [1.29, 1.82) is 0 Å². The Kier molecular flexibility index (Phi) is 6.43. The van der Waals surface area contributed by atoms with E-state index in [-0.39, 0.29) is 6.61 Å². The minimum Gasteiger partial charge on any atom is -0.396 e. The number of hydrogen-bond donors (Lipinski definition) is 5. The van der Waals surface area contributed by atoms with Crippen LogP contribution in [-0.2, 0) is 17.6 Å². The van der Waals surface area contributed by atoms with E-state index in [1.165, 1.54) is 0 Å². The van der Waals surface area contributed by atoms with Crippen molar-refractivity contribution in [3.8, 4) is 0 Å². The van der Waals surface area contributed by atoms with Crippen molar-refractivity contribution >= 4 is 10.9 Å². The topological polar surface area (TPSA) is 115 Å². The molecule has 1 aromatic heterocycles. The summed E-state index contributed by atoms with van der Waals surface area (Å²) in [5, 5.41) is 50.7. The molecule has 0 radical (unpaired) electrons. The quantitative estimate of drug-likeness (QED) is 0.402. The molecular weight excluding hydrogens is 398 g/mol. The van der Waals surface area contributed by atoms with Crippen LogP contribution >= 0.6 is 0 Å². The summed E-state index contributed by atoms with van der Waals surface area (Å²) in [6, 6.07) is 14.0. The van der Waals surface area contributed by atoms with Crippen LogP contribution in [0.2, 0.25) is 0 Å². The van der Waals surface area contributed by atoms with Gasteiger partial charge in [0.15, 0.2) is 6.23 Å². The molecule has 1 fully saturated rings. The fraction of sp³-hybridized carbons (Fsp3) is 0.417. The molecule has 4 rings (SSSR count). The highest BCUT2D eigenvalue weighted by Crippen LogP contribution is 2.35. The Morgan fingerprint density at radius 2 is 1.61 bits per heavy atom. The molecule has 5 N–H and O–H groups in total. The SMILES string of the molecule is Cc1cccc2c1c(Cc1ccc(CCO)cc1)cn2[C@@H]1O[C@H](CO)[C@@H](O)[C@H](O)[C@H]1O. The highest BCUT2D eigenvalue weighted by molar-refractivity contribution is 5.87. The van der Waals surface area contributed by atoms with E-state index in [1.54, 1.807) is 4.57 Å². The van der Waals surface area contributed by atoms with Crippen molar-refractivity contribution in [3.05, 3.63) is 70.9 Å². The number of nitrogens with zero attached hydrogens (tertiary/aromatic N) is 1. The number of aryl methyl sites for hydroxylation is 1. The van der Waals surface area contributed by atoms with Crippen LogP contribution in [-0.4, -0.2) is 67.7 Å². The third-order valence-electron chi connectivity index (χ3n) is 6.10. The van der Waals surface area contributed by atoms with E-state index in [9.17, 15) is 20.4 Å². The molecule has 7 nitrogen and oxygen atoms in total. The second kappa shape index (κ2) is 9.08. The zero-order chi connectivity index (χ0) is 22.1. The van der Waals surface area contributed by atoms with Crippen molar-refractivity contribution in [2.24, 2.45) is 0 Å². The van der Waals surface area contributed by atoms with Gasteiger partial charge in [-0.3, -0.25) is 0 Å². The molecule has 2 aromatic carbocycles.